The maximum Gasteiger partial charge on any atom is 0.254 e. The Morgan fingerprint density at radius 2 is 1.88 bits per heavy atom. The molecule has 140 valence electrons. The average molecular weight is 355 g/mol. The van der Waals surface area contributed by atoms with E-state index in [1.54, 1.807) is 0 Å². The van der Waals surface area contributed by atoms with E-state index in [-0.39, 0.29) is 24.1 Å². The minimum Gasteiger partial charge on any atom is -0.352 e. The van der Waals surface area contributed by atoms with Crippen molar-refractivity contribution in [2.24, 2.45) is 0 Å². The lowest BCUT2D eigenvalue weighted by Gasteiger charge is -2.15. The Balaban J connectivity index is 2.37. The maximum absolute atomic E-state index is 12.7. The molecular formula is C21H29N3O2. The van der Waals surface area contributed by atoms with Crippen molar-refractivity contribution in [3.05, 3.63) is 52.1 Å². The molecule has 0 aliphatic rings. The summed E-state index contributed by atoms with van der Waals surface area (Å²) in [5.41, 5.74) is 2.57. The topological polar surface area (TPSA) is 64.0 Å². The number of rotatable bonds is 8. The van der Waals surface area contributed by atoms with E-state index in [1.807, 2.05) is 45.0 Å². The Hall–Kier alpha value is -2.43. The smallest absolute Gasteiger partial charge is 0.254 e. The van der Waals surface area contributed by atoms with Gasteiger partial charge >= 0.3 is 0 Å². The number of carbonyl (C=O) groups excluding carboxylic acids is 1. The summed E-state index contributed by atoms with van der Waals surface area (Å²) < 4.78 is 1.51. The second-order valence-electron chi connectivity index (χ2n) is 7.03. The number of hydrogen-bond acceptors (Lipinski definition) is 3. The van der Waals surface area contributed by atoms with Crippen LogP contribution < -0.4 is 10.9 Å². The number of nitrogens with zero attached hydrogens (tertiary/aromatic N) is 2. The molecular weight excluding hydrogens is 326 g/mol. The summed E-state index contributed by atoms with van der Waals surface area (Å²) >= 11 is 0. The van der Waals surface area contributed by atoms with Gasteiger partial charge in [0.25, 0.3) is 5.56 Å². The van der Waals surface area contributed by atoms with Crippen molar-refractivity contribution in [1.29, 1.82) is 0 Å². The molecule has 2 rings (SSSR count). The van der Waals surface area contributed by atoms with Crippen LogP contribution in [0, 0.1) is 6.92 Å². The van der Waals surface area contributed by atoms with Crippen LogP contribution in [0.3, 0.4) is 0 Å². The number of unbranched alkanes of at least 4 members (excludes halogenated alkanes) is 2. The predicted molar refractivity (Wildman–Crippen MR) is 105 cm³/mol. The Kier molecular flexibility index (Phi) is 7.13. The van der Waals surface area contributed by atoms with Gasteiger partial charge in [0.2, 0.25) is 5.91 Å². The summed E-state index contributed by atoms with van der Waals surface area (Å²) in [7, 11) is 0. The fourth-order valence-corrected chi connectivity index (χ4v) is 2.83. The third kappa shape index (κ3) is 5.55. The largest absolute Gasteiger partial charge is 0.352 e. The Morgan fingerprint density at radius 3 is 2.50 bits per heavy atom. The van der Waals surface area contributed by atoms with Gasteiger partial charge in [-0.05, 0) is 27.2 Å². The first-order valence-electron chi connectivity index (χ1n) is 9.38. The summed E-state index contributed by atoms with van der Waals surface area (Å²) in [6.45, 7) is 7.99. The average Bonchev–Trinajstić information content (AvgIpc) is 2.57. The van der Waals surface area contributed by atoms with Crippen molar-refractivity contribution in [1.82, 2.24) is 14.9 Å². The molecule has 0 fully saturated rings. The van der Waals surface area contributed by atoms with E-state index in [0.29, 0.717) is 17.9 Å². The molecule has 0 radical (unpaired) electrons. The SMILES string of the molecule is CCCCCc1nc(-c2ccc(C)cc2)cc(=O)n1CC(=O)NC(C)C. The summed E-state index contributed by atoms with van der Waals surface area (Å²) in [4.78, 5) is 29.6. The number of aryl methyl sites for hydroxylation is 2. The zero-order valence-corrected chi connectivity index (χ0v) is 16.2. The van der Waals surface area contributed by atoms with Gasteiger partial charge in [-0.3, -0.25) is 14.2 Å². The number of amides is 1. The van der Waals surface area contributed by atoms with Crippen LogP contribution in [-0.2, 0) is 17.8 Å². The zero-order chi connectivity index (χ0) is 19.1. The van der Waals surface area contributed by atoms with Crippen LogP contribution in [0.5, 0.6) is 0 Å². The molecule has 5 heteroatoms. The number of nitrogens with one attached hydrogen (secondary N) is 1. The highest BCUT2D eigenvalue weighted by molar-refractivity contribution is 5.76. The van der Waals surface area contributed by atoms with Crippen molar-refractivity contribution in [3.8, 4) is 11.3 Å². The van der Waals surface area contributed by atoms with Gasteiger partial charge in [-0.15, -0.1) is 0 Å². The second-order valence-corrected chi connectivity index (χ2v) is 7.03. The van der Waals surface area contributed by atoms with E-state index < -0.39 is 0 Å². The van der Waals surface area contributed by atoms with Gasteiger partial charge in [-0.2, -0.15) is 0 Å². The molecule has 5 nitrogen and oxygen atoms in total. The van der Waals surface area contributed by atoms with Gasteiger partial charge in [0.1, 0.15) is 12.4 Å². The molecule has 0 unspecified atom stereocenters. The number of carbonyl (C=O) groups is 1. The van der Waals surface area contributed by atoms with E-state index in [9.17, 15) is 9.59 Å². The predicted octanol–water partition coefficient (Wildman–Crippen LogP) is 3.48. The minimum atomic E-state index is -0.180. The van der Waals surface area contributed by atoms with Crippen molar-refractivity contribution in [3.63, 3.8) is 0 Å². The fraction of sp³-hybridized carbons (Fsp3) is 0.476. The highest BCUT2D eigenvalue weighted by Gasteiger charge is 2.13. The normalized spacial score (nSPS) is 11.0. The van der Waals surface area contributed by atoms with Crippen LogP contribution in [0.2, 0.25) is 0 Å². The lowest BCUT2D eigenvalue weighted by Crippen LogP contribution is -2.37. The van der Waals surface area contributed by atoms with Crippen LogP contribution in [0.1, 0.15) is 51.4 Å². The highest BCUT2D eigenvalue weighted by Crippen LogP contribution is 2.17. The van der Waals surface area contributed by atoms with Crippen LogP contribution in [0.15, 0.2) is 35.1 Å². The summed E-state index contributed by atoms with van der Waals surface area (Å²) in [5, 5.41) is 2.84. The molecule has 26 heavy (non-hydrogen) atoms. The van der Waals surface area contributed by atoms with Gasteiger partial charge in [0, 0.05) is 24.1 Å². The van der Waals surface area contributed by atoms with E-state index >= 15 is 0 Å². The molecule has 0 saturated carbocycles. The number of benzene rings is 1. The summed E-state index contributed by atoms with van der Waals surface area (Å²) in [6, 6.07) is 9.54. The minimum absolute atomic E-state index is 0.0135. The second kappa shape index (κ2) is 9.32. The van der Waals surface area contributed by atoms with Gasteiger partial charge in [-0.25, -0.2) is 4.98 Å². The molecule has 0 bridgehead atoms. The van der Waals surface area contributed by atoms with Crippen molar-refractivity contribution in [2.45, 2.75) is 66.0 Å². The van der Waals surface area contributed by atoms with E-state index in [2.05, 4.69) is 12.2 Å². The third-order valence-electron chi connectivity index (χ3n) is 4.19. The molecule has 0 spiro atoms. The Bertz CT molecular complexity index is 792. The van der Waals surface area contributed by atoms with E-state index in [1.165, 1.54) is 10.6 Å². The lowest BCUT2D eigenvalue weighted by molar-refractivity contribution is -0.122. The van der Waals surface area contributed by atoms with Crippen LogP contribution in [-0.4, -0.2) is 21.5 Å². The molecule has 1 amide bonds. The third-order valence-corrected chi connectivity index (χ3v) is 4.19. The Labute approximate surface area is 155 Å². The van der Waals surface area contributed by atoms with E-state index in [4.69, 9.17) is 4.98 Å². The van der Waals surface area contributed by atoms with Gasteiger partial charge < -0.3 is 5.32 Å². The molecule has 2 aromatic rings. The molecule has 1 heterocycles. The van der Waals surface area contributed by atoms with Crippen LogP contribution >= 0.6 is 0 Å². The Morgan fingerprint density at radius 1 is 1.19 bits per heavy atom. The van der Waals surface area contributed by atoms with Crippen molar-refractivity contribution in [2.75, 3.05) is 0 Å². The van der Waals surface area contributed by atoms with E-state index in [0.717, 1.165) is 30.4 Å². The fourth-order valence-electron chi connectivity index (χ4n) is 2.83. The molecule has 1 N–H and O–H groups in total. The molecule has 0 aliphatic carbocycles. The van der Waals surface area contributed by atoms with Gasteiger partial charge in [-0.1, -0.05) is 49.6 Å². The monoisotopic (exact) mass is 355 g/mol. The van der Waals surface area contributed by atoms with Crippen LogP contribution in [0.25, 0.3) is 11.3 Å². The molecule has 1 aromatic heterocycles. The van der Waals surface area contributed by atoms with Gasteiger partial charge in [0.15, 0.2) is 0 Å². The molecule has 1 aromatic carbocycles. The molecule has 0 aliphatic heterocycles. The first-order chi connectivity index (χ1) is 12.4. The van der Waals surface area contributed by atoms with Crippen molar-refractivity contribution < 1.29 is 4.79 Å². The van der Waals surface area contributed by atoms with Gasteiger partial charge in [0.05, 0.1) is 5.69 Å². The number of aromatic nitrogens is 2. The lowest BCUT2D eigenvalue weighted by atomic mass is 10.1. The highest BCUT2D eigenvalue weighted by atomic mass is 16.2. The molecule has 0 saturated heterocycles. The summed E-state index contributed by atoms with van der Waals surface area (Å²) in [5.74, 6) is 0.518. The van der Waals surface area contributed by atoms with Crippen molar-refractivity contribution >= 4 is 5.91 Å². The zero-order valence-electron chi connectivity index (χ0n) is 16.2. The maximum atomic E-state index is 12.7. The molecule has 0 atom stereocenters. The number of hydrogen-bond donors (Lipinski definition) is 1. The first-order valence-corrected chi connectivity index (χ1v) is 9.38. The quantitative estimate of drug-likeness (QED) is 0.738. The standard InChI is InChI=1S/C21H29N3O2/c1-5-6-7-8-19-23-18(17-11-9-16(4)10-12-17)13-21(26)24(19)14-20(25)22-15(2)3/h9-13,15H,5-8,14H2,1-4H3,(H,22,25). The summed E-state index contributed by atoms with van der Waals surface area (Å²) in [6.07, 6.45) is 3.81. The first kappa shape index (κ1) is 19.9. The van der Waals surface area contributed by atoms with Crippen LogP contribution in [0.4, 0.5) is 0 Å².